The summed E-state index contributed by atoms with van der Waals surface area (Å²) in [5.41, 5.74) is 6.39. The van der Waals surface area contributed by atoms with Crippen molar-refractivity contribution in [2.45, 2.75) is 23.8 Å². The highest BCUT2D eigenvalue weighted by molar-refractivity contribution is 7.91. The van der Waals surface area contributed by atoms with Gasteiger partial charge in [0, 0.05) is 12.5 Å². The fourth-order valence-corrected chi connectivity index (χ4v) is 3.06. The van der Waals surface area contributed by atoms with Gasteiger partial charge in [0.15, 0.2) is 9.84 Å². The molecule has 1 aliphatic heterocycles. The van der Waals surface area contributed by atoms with Gasteiger partial charge < -0.3 is 0 Å². The molecule has 1 atom stereocenters. The monoisotopic (exact) mass is 306 g/mol. The van der Waals surface area contributed by atoms with E-state index in [0.29, 0.717) is 11.3 Å². The maximum atomic E-state index is 11.8. The number of hydrogen-bond donors (Lipinski definition) is 2. The third kappa shape index (κ3) is 4.27. The molecular weight excluding hydrogens is 288 g/mol. The Morgan fingerprint density at radius 2 is 2.00 bits per heavy atom. The zero-order valence-corrected chi connectivity index (χ0v) is 12.4. The molecule has 21 heavy (non-hydrogen) atoms. The van der Waals surface area contributed by atoms with E-state index in [-0.39, 0.29) is 17.7 Å². The predicted molar refractivity (Wildman–Crippen MR) is 82.0 cm³/mol. The van der Waals surface area contributed by atoms with Gasteiger partial charge >= 0.3 is 0 Å². The van der Waals surface area contributed by atoms with Crippen LogP contribution in [0.15, 0.2) is 47.9 Å². The van der Waals surface area contributed by atoms with Gasteiger partial charge in [0.2, 0.25) is 5.91 Å². The molecule has 1 amide bonds. The summed E-state index contributed by atoms with van der Waals surface area (Å²) in [4.78, 5) is 11.3. The summed E-state index contributed by atoms with van der Waals surface area (Å²) >= 11 is 0. The molecule has 1 aromatic rings. The number of sulfone groups is 1. The first-order valence-electron chi connectivity index (χ1n) is 6.67. The molecule has 0 aromatic heterocycles. The molecule has 5 nitrogen and oxygen atoms in total. The van der Waals surface area contributed by atoms with Crippen LogP contribution in [0.5, 0.6) is 0 Å². The van der Waals surface area contributed by atoms with Crippen molar-refractivity contribution >= 4 is 21.8 Å². The molecular formula is C15H18N2O3S. The van der Waals surface area contributed by atoms with Crippen molar-refractivity contribution in [2.75, 3.05) is 5.75 Å². The Hall–Kier alpha value is -1.92. The smallest absolute Gasteiger partial charge is 0.234 e. The zero-order chi connectivity index (χ0) is 15.3. The highest BCUT2D eigenvalue weighted by atomic mass is 32.2. The SMILES string of the molecule is C=CCS(=O)(=O)c1ccc(/C=C/C2CCC(=O)NN2)cc1. The van der Waals surface area contributed by atoms with Crippen molar-refractivity contribution in [3.05, 3.63) is 48.6 Å². The van der Waals surface area contributed by atoms with Gasteiger partial charge in [-0.2, -0.15) is 0 Å². The third-order valence-electron chi connectivity index (χ3n) is 3.18. The van der Waals surface area contributed by atoms with E-state index in [9.17, 15) is 13.2 Å². The van der Waals surface area contributed by atoms with E-state index in [1.54, 1.807) is 24.3 Å². The van der Waals surface area contributed by atoms with E-state index in [1.807, 2.05) is 12.2 Å². The van der Waals surface area contributed by atoms with Crippen molar-refractivity contribution in [3.63, 3.8) is 0 Å². The summed E-state index contributed by atoms with van der Waals surface area (Å²) in [6, 6.07) is 6.79. The van der Waals surface area contributed by atoms with Gasteiger partial charge in [0.25, 0.3) is 0 Å². The van der Waals surface area contributed by atoms with Gasteiger partial charge in [-0.25, -0.2) is 13.8 Å². The van der Waals surface area contributed by atoms with E-state index in [1.165, 1.54) is 6.08 Å². The fourth-order valence-electron chi connectivity index (χ4n) is 2.00. The molecule has 2 N–H and O–H groups in total. The van der Waals surface area contributed by atoms with Crippen molar-refractivity contribution < 1.29 is 13.2 Å². The van der Waals surface area contributed by atoms with Crippen molar-refractivity contribution in [1.82, 2.24) is 10.9 Å². The number of amides is 1. The standard InChI is InChI=1S/C15H18N2O3S/c1-2-11-21(19,20)14-8-4-12(5-9-14)3-6-13-7-10-15(18)17-16-13/h2-6,8-9,13,16H,1,7,10-11H2,(H,17,18)/b6-3+. The van der Waals surface area contributed by atoms with Gasteiger partial charge in [-0.3, -0.25) is 10.2 Å². The van der Waals surface area contributed by atoms with E-state index in [2.05, 4.69) is 17.4 Å². The summed E-state index contributed by atoms with van der Waals surface area (Å²) in [6.07, 6.45) is 6.48. The van der Waals surface area contributed by atoms with Gasteiger partial charge in [-0.15, -0.1) is 6.58 Å². The lowest BCUT2D eigenvalue weighted by molar-refractivity contribution is -0.123. The van der Waals surface area contributed by atoms with Gasteiger partial charge in [0.1, 0.15) is 0 Å². The van der Waals surface area contributed by atoms with Crippen LogP contribution < -0.4 is 10.9 Å². The van der Waals surface area contributed by atoms with E-state index in [0.717, 1.165) is 12.0 Å². The van der Waals surface area contributed by atoms with Crippen LogP contribution in [-0.2, 0) is 14.6 Å². The molecule has 1 aliphatic rings. The molecule has 0 bridgehead atoms. The average Bonchev–Trinajstić information content (AvgIpc) is 2.47. The lowest BCUT2D eigenvalue weighted by Gasteiger charge is -2.20. The molecule has 0 saturated carbocycles. The molecule has 1 saturated heterocycles. The van der Waals surface area contributed by atoms with Crippen LogP contribution in [0.3, 0.4) is 0 Å². The van der Waals surface area contributed by atoms with E-state index < -0.39 is 9.84 Å². The highest BCUT2D eigenvalue weighted by Crippen LogP contribution is 2.14. The molecule has 2 rings (SSSR count). The zero-order valence-electron chi connectivity index (χ0n) is 11.6. The highest BCUT2D eigenvalue weighted by Gasteiger charge is 2.14. The first kappa shape index (κ1) is 15.5. The minimum Gasteiger partial charge on any atom is -0.291 e. The Kier molecular flexibility index (Phi) is 4.93. The fraction of sp³-hybridized carbons (Fsp3) is 0.267. The molecule has 0 radical (unpaired) electrons. The van der Waals surface area contributed by atoms with E-state index in [4.69, 9.17) is 0 Å². The van der Waals surface area contributed by atoms with Crippen LogP contribution in [0.1, 0.15) is 18.4 Å². The topological polar surface area (TPSA) is 75.3 Å². The second-order valence-electron chi connectivity index (χ2n) is 4.84. The second-order valence-corrected chi connectivity index (χ2v) is 6.87. The molecule has 0 aliphatic carbocycles. The third-order valence-corrected chi connectivity index (χ3v) is 4.84. The lowest BCUT2D eigenvalue weighted by Crippen LogP contribution is -2.48. The largest absolute Gasteiger partial charge is 0.291 e. The molecule has 112 valence electrons. The van der Waals surface area contributed by atoms with Crippen LogP contribution >= 0.6 is 0 Å². The maximum absolute atomic E-state index is 11.8. The van der Waals surface area contributed by atoms with Gasteiger partial charge in [0.05, 0.1) is 10.6 Å². The summed E-state index contributed by atoms with van der Waals surface area (Å²) in [5, 5.41) is 0. The summed E-state index contributed by atoms with van der Waals surface area (Å²) in [5.74, 6) is -0.0649. The number of carbonyl (C=O) groups excluding carboxylic acids is 1. The first-order valence-corrected chi connectivity index (χ1v) is 8.33. The molecule has 1 fully saturated rings. The number of nitrogens with one attached hydrogen (secondary N) is 2. The number of hydrazine groups is 1. The number of hydrogen-bond acceptors (Lipinski definition) is 4. The molecule has 0 spiro atoms. The summed E-state index contributed by atoms with van der Waals surface area (Å²) in [6.45, 7) is 3.45. The minimum atomic E-state index is -3.27. The summed E-state index contributed by atoms with van der Waals surface area (Å²) < 4.78 is 23.7. The van der Waals surface area contributed by atoms with Crippen molar-refractivity contribution in [2.24, 2.45) is 0 Å². The van der Waals surface area contributed by atoms with Crippen LogP contribution in [0.25, 0.3) is 6.08 Å². The number of rotatable bonds is 5. The Balaban J connectivity index is 2.02. The van der Waals surface area contributed by atoms with Crippen LogP contribution in [-0.4, -0.2) is 26.1 Å². The number of benzene rings is 1. The quantitative estimate of drug-likeness (QED) is 0.807. The predicted octanol–water partition coefficient (Wildman–Crippen LogP) is 1.44. The molecule has 1 aromatic carbocycles. The minimum absolute atomic E-state index is 0.00331. The summed E-state index contributed by atoms with van der Waals surface area (Å²) in [7, 11) is -3.27. The molecule has 6 heteroatoms. The average molecular weight is 306 g/mol. The van der Waals surface area contributed by atoms with Gasteiger partial charge in [-0.1, -0.05) is 30.4 Å². The van der Waals surface area contributed by atoms with E-state index >= 15 is 0 Å². The van der Waals surface area contributed by atoms with Crippen LogP contribution in [0.2, 0.25) is 0 Å². The molecule has 1 unspecified atom stereocenters. The lowest BCUT2D eigenvalue weighted by atomic mass is 10.1. The normalized spacial score (nSPS) is 19.4. The Labute approximate surface area is 124 Å². The van der Waals surface area contributed by atoms with Gasteiger partial charge in [-0.05, 0) is 24.1 Å². The van der Waals surface area contributed by atoms with Crippen molar-refractivity contribution in [1.29, 1.82) is 0 Å². The second kappa shape index (κ2) is 6.69. The molecule has 1 heterocycles. The first-order chi connectivity index (χ1) is 10.0. The number of carbonyl (C=O) groups is 1. The van der Waals surface area contributed by atoms with Crippen molar-refractivity contribution in [3.8, 4) is 0 Å². The Morgan fingerprint density at radius 1 is 1.29 bits per heavy atom. The Bertz CT molecular complexity index is 638. The van der Waals surface area contributed by atoms with Crippen LogP contribution in [0.4, 0.5) is 0 Å². The maximum Gasteiger partial charge on any atom is 0.234 e. The van der Waals surface area contributed by atoms with Crippen LogP contribution in [0, 0.1) is 0 Å². The Morgan fingerprint density at radius 3 is 2.57 bits per heavy atom.